The minimum atomic E-state index is -0.480. The predicted molar refractivity (Wildman–Crippen MR) is 79.6 cm³/mol. The van der Waals surface area contributed by atoms with Gasteiger partial charge in [-0.2, -0.15) is 0 Å². The molecule has 108 valence electrons. The molecule has 19 heavy (non-hydrogen) atoms. The Morgan fingerprint density at radius 3 is 2.68 bits per heavy atom. The van der Waals surface area contributed by atoms with Crippen molar-refractivity contribution >= 4 is 0 Å². The molecule has 0 heterocycles. The van der Waals surface area contributed by atoms with Gasteiger partial charge in [0.05, 0.1) is 0 Å². The largest absolute Gasteiger partial charge is 0.491 e. The summed E-state index contributed by atoms with van der Waals surface area (Å²) in [6, 6.07) is 8.29. The highest BCUT2D eigenvalue weighted by atomic mass is 16.5. The summed E-state index contributed by atoms with van der Waals surface area (Å²) in [5.74, 6) is 1.43. The molecule has 0 spiro atoms. The van der Waals surface area contributed by atoms with E-state index in [-0.39, 0.29) is 0 Å². The molecule has 0 aromatic heterocycles. The Bertz CT molecular complexity index is 368. The van der Waals surface area contributed by atoms with E-state index in [0.717, 1.165) is 17.7 Å². The molecule has 3 atom stereocenters. The highest BCUT2D eigenvalue weighted by Gasteiger charge is 2.12. The highest BCUT2D eigenvalue weighted by molar-refractivity contribution is 5.27. The van der Waals surface area contributed by atoms with Crippen LogP contribution in [0.15, 0.2) is 24.3 Å². The van der Waals surface area contributed by atoms with E-state index >= 15 is 0 Å². The van der Waals surface area contributed by atoms with E-state index in [1.54, 1.807) is 0 Å². The van der Waals surface area contributed by atoms with Crippen LogP contribution in [0.5, 0.6) is 5.75 Å². The van der Waals surface area contributed by atoms with Crippen molar-refractivity contribution in [2.24, 2.45) is 5.92 Å². The Balaban J connectivity index is 2.26. The van der Waals surface area contributed by atoms with Crippen LogP contribution in [0.25, 0.3) is 0 Å². The fourth-order valence-corrected chi connectivity index (χ4v) is 1.83. The average molecular weight is 265 g/mol. The summed E-state index contributed by atoms with van der Waals surface area (Å²) in [6.45, 7) is 9.47. The Morgan fingerprint density at radius 1 is 1.32 bits per heavy atom. The lowest BCUT2D eigenvalue weighted by Crippen LogP contribution is -2.39. The summed E-state index contributed by atoms with van der Waals surface area (Å²) in [6.07, 6.45) is 0.663. The number of aliphatic hydroxyl groups is 1. The molecule has 0 aliphatic heterocycles. The van der Waals surface area contributed by atoms with Crippen LogP contribution < -0.4 is 10.1 Å². The topological polar surface area (TPSA) is 41.5 Å². The summed E-state index contributed by atoms with van der Waals surface area (Å²) < 4.78 is 5.58. The number of nitrogens with one attached hydrogen (secondary N) is 1. The maximum absolute atomic E-state index is 9.90. The number of ether oxygens (including phenoxy) is 1. The molecule has 0 amide bonds. The van der Waals surface area contributed by atoms with Crippen LogP contribution in [-0.2, 0) is 0 Å². The van der Waals surface area contributed by atoms with E-state index in [0.29, 0.717) is 25.1 Å². The van der Waals surface area contributed by atoms with Gasteiger partial charge in [-0.3, -0.25) is 0 Å². The molecule has 0 fully saturated rings. The molecule has 1 aromatic carbocycles. The second kappa shape index (κ2) is 8.18. The first-order valence-electron chi connectivity index (χ1n) is 7.13. The number of benzene rings is 1. The molecule has 0 radical (unpaired) electrons. The zero-order chi connectivity index (χ0) is 14.3. The molecule has 1 rings (SSSR count). The van der Waals surface area contributed by atoms with Crippen molar-refractivity contribution in [2.75, 3.05) is 13.2 Å². The molecule has 0 saturated carbocycles. The third-order valence-corrected chi connectivity index (χ3v) is 3.60. The van der Waals surface area contributed by atoms with Crippen molar-refractivity contribution in [1.29, 1.82) is 0 Å². The summed E-state index contributed by atoms with van der Waals surface area (Å²) >= 11 is 0. The van der Waals surface area contributed by atoms with Gasteiger partial charge in [-0.1, -0.05) is 32.4 Å². The zero-order valence-electron chi connectivity index (χ0n) is 12.5. The van der Waals surface area contributed by atoms with Crippen LogP contribution in [0.3, 0.4) is 0 Å². The van der Waals surface area contributed by atoms with Gasteiger partial charge in [-0.05, 0) is 37.5 Å². The van der Waals surface area contributed by atoms with E-state index in [2.05, 4.69) is 26.1 Å². The fourth-order valence-electron chi connectivity index (χ4n) is 1.83. The van der Waals surface area contributed by atoms with Gasteiger partial charge in [0.15, 0.2) is 0 Å². The van der Waals surface area contributed by atoms with E-state index in [1.165, 1.54) is 0 Å². The summed E-state index contributed by atoms with van der Waals surface area (Å²) in [7, 11) is 0. The number of aliphatic hydroxyl groups excluding tert-OH is 1. The molecule has 3 heteroatoms. The highest BCUT2D eigenvalue weighted by Crippen LogP contribution is 2.12. The Kier molecular flexibility index (Phi) is 6.89. The minimum Gasteiger partial charge on any atom is -0.491 e. The molecule has 0 bridgehead atoms. The van der Waals surface area contributed by atoms with E-state index in [9.17, 15) is 5.11 Å². The maximum Gasteiger partial charge on any atom is 0.119 e. The second-order valence-electron chi connectivity index (χ2n) is 5.36. The van der Waals surface area contributed by atoms with Crippen LogP contribution in [0.4, 0.5) is 0 Å². The lowest BCUT2D eigenvalue weighted by atomic mass is 10.0. The number of aryl methyl sites for hydroxylation is 1. The molecular formula is C16H27NO2. The smallest absolute Gasteiger partial charge is 0.119 e. The summed E-state index contributed by atoms with van der Waals surface area (Å²) in [5, 5.41) is 13.2. The monoisotopic (exact) mass is 265 g/mol. The summed E-state index contributed by atoms with van der Waals surface area (Å²) in [5.41, 5.74) is 1.16. The van der Waals surface area contributed by atoms with Crippen molar-refractivity contribution in [1.82, 2.24) is 5.32 Å². The summed E-state index contributed by atoms with van der Waals surface area (Å²) in [4.78, 5) is 0. The molecule has 0 aliphatic rings. The SMILES string of the molecule is CCC(C)C(C)NCC(O)COc1cccc(C)c1. The molecule has 3 nitrogen and oxygen atoms in total. The van der Waals surface area contributed by atoms with E-state index in [1.807, 2.05) is 31.2 Å². The number of hydrogen-bond acceptors (Lipinski definition) is 3. The van der Waals surface area contributed by atoms with Crippen LogP contribution >= 0.6 is 0 Å². The van der Waals surface area contributed by atoms with Crippen LogP contribution in [0.1, 0.15) is 32.8 Å². The van der Waals surface area contributed by atoms with Crippen LogP contribution in [-0.4, -0.2) is 30.4 Å². The van der Waals surface area contributed by atoms with Gasteiger partial charge in [0, 0.05) is 12.6 Å². The molecule has 1 aromatic rings. The zero-order valence-corrected chi connectivity index (χ0v) is 12.5. The Morgan fingerprint density at radius 2 is 2.05 bits per heavy atom. The van der Waals surface area contributed by atoms with Gasteiger partial charge in [0.25, 0.3) is 0 Å². The van der Waals surface area contributed by atoms with Crippen molar-refractivity contribution in [3.63, 3.8) is 0 Å². The van der Waals surface area contributed by atoms with Gasteiger partial charge in [0.2, 0.25) is 0 Å². The van der Waals surface area contributed by atoms with Crippen molar-refractivity contribution in [3.05, 3.63) is 29.8 Å². The predicted octanol–water partition coefficient (Wildman–Crippen LogP) is 2.76. The van der Waals surface area contributed by atoms with E-state index < -0.39 is 6.10 Å². The van der Waals surface area contributed by atoms with Crippen molar-refractivity contribution < 1.29 is 9.84 Å². The quantitative estimate of drug-likeness (QED) is 0.759. The third kappa shape index (κ3) is 6.08. The number of rotatable bonds is 8. The average Bonchev–Trinajstić information content (AvgIpc) is 2.41. The molecule has 0 aliphatic carbocycles. The molecule has 0 saturated heterocycles. The van der Waals surface area contributed by atoms with Gasteiger partial charge in [0.1, 0.15) is 18.5 Å². The first-order valence-corrected chi connectivity index (χ1v) is 7.13. The Labute approximate surface area is 117 Å². The maximum atomic E-state index is 9.90. The van der Waals surface area contributed by atoms with Gasteiger partial charge in [-0.15, -0.1) is 0 Å². The third-order valence-electron chi connectivity index (χ3n) is 3.60. The van der Waals surface area contributed by atoms with E-state index in [4.69, 9.17) is 4.74 Å². The first-order chi connectivity index (χ1) is 9.02. The van der Waals surface area contributed by atoms with Gasteiger partial charge in [-0.25, -0.2) is 0 Å². The van der Waals surface area contributed by atoms with Crippen molar-refractivity contribution in [2.45, 2.75) is 46.3 Å². The molecule has 3 unspecified atom stereocenters. The van der Waals surface area contributed by atoms with Gasteiger partial charge < -0.3 is 15.2 Å². The van der Waals surface area contributed by atoms with Gasteiger partial charge >= 0.3 is 0 Å². The molecule has 2 N–H and O–H groups in total. The fraction of sp³-hybridized carbons (Fsp3) is 0.625. The van der Waals surface area contributed by atoms with Crippen molar-refractivity contribution in [3.8, 4) is 5.75 Å². The lowest BCUT2D eigenvalue weighted by Gasteiger charge is -2.22. The minimum absolute atomic E-state index is 0.323. The first kappa shape index (κ1) is 16.0. The standard InChI is InChI=1S/C16H27NO2/c1-5-13(3)14(4)17-10-15(18)11-19-16-8-6-7-12(2)9-16/h6-9,13-15,17-18H,5,10-11H2,1-4H3. The second-order valence-corrected chi connectivity index (χ2v) is 5.36. The normalized spacial score (nSPS) is 15.8. The lowest BCUT2D eigenvalue weighted by molar-refractivity contribution is 0.102. The van der Waals surface area contributed by atoms with Crippen LogP contribution in [0, 0.1) is 12.8 Å². The van der Waals surface area contributed by atoms with Crippen LogP contribution in [0.2, 0.25) is 0 Å². The Hall–Kier alpha value is -1.06. The molecular weight excluding hydrogens is 238 g/mol. The number of hydrogen-bond donors (Lipinski definition) is 2.